The highest BCUT2D eigenvalue weighted by Gasteiger charge is 2.38. The van der Waals surface area contributed by atoms with Crippen molar-refractivity contribution in [1.29, 1.82) is 0 Å². The third kappa shape index (κ3) is 7.00. The van der Waals surface area contributed by atoms with Gasteiger partial charge in [-0.2, -0.15) is 13.2 Å². The minimum atomic E-state index is -5.08. The number of benzene rings is 1. The SMILES string of the molecule is COc1ncc(-c2cc3c(N4CCNCC4)ncnc3s2)cc1NS(=O)(=O)c1ccc(F)cc1F.O=C(O)C(F)(F)F. The molecule has 0 atom stereocenters. The average molecular weight is 633 g/mol. The fourth-order valence-corrected chi connectivity index (χ4v) is 5.91. The highest BCUT2D eigenvalue weighted by molar-refractivity contribution is 7.92. The van der Waals surface area contributed by atoms with Gasteiger partial charge in [0.15, 0.2) is 0 Å². The summed E-state index contributed by atoms with van der Waals surface area (Å²) in [6, 6.07) is 5.73. The number of methoxy groups -OCH3 is 1. The van der Waals surface area contributed by atoms with E-state index in [1.165, 1.54) is 24.8 Å². The first-order valence-electron chi connectivity index (χ1n) is 11.8. The zero-order valence-corrected chi connectivity index (χ0v) is 23.1. The van der Waals surface area contributed by atoms with Crippen molar-refractivity contribution in [1.82, 2.24) is 20.3 Å². The van der Waals surface area contributed by atoms with Crippen molar-refractivity contribution in [3.8, 4) is 16.3 Å². The van der Waals surface area contributed by atoms with Gasteiger partial charge in [0.05, 0.1) is 12.5 Å². The summed E-state index contributed by atoms with van der Waals surface area (Å²) >= 11 is 1.42. The fraction of sp³-hybridized carbons (Fsp3) is 0.250. The molecular formula is C24H21F5N6O5S2. The number of carboxylic acids is 1. The van der Waals surface area contributed by atoms with Gasteiger partial charge in [-0.3, -0.25) is 4.72 Å². The highest BCUT2D eigenvalue weighted by atomic mass is 32.2. The summed E-state index contributed by atoms with van der Waals surface area (Å²) in [6.45, 7) is 3.38. The highest BCUT2D eigenvalue weighted by Crippen LogP contribution is 2.38. The van der Waals surface area contributed by atoms with Crippen molar-refractivity contribution in [2.75, 3.05) is 42.9 Å². The maximum absolute atomic E-state index is 14.2. The van der Waals surface area contributed by atoms with E-state index in [-0.39, 0.29) is 11.6 Å². The number of anilines is 2. The quantitative estimate of drug-likeness (QED) is 0.268. The van der Waals surface area contributed by atoms with Gasteiger partial charge in [-0.15, -0.1) is 11.3 Å². The lowest BCUT2D eigenvalue weighted by Crippen LogP contribution is -2.43. The molecule has 1 saturated heterocycles. The van der Waals surface area contributed by atoms with Gasteiger partial charge in [0, 0.05) is 48.9 Å². The van der Waals surface area contributed by atoms with Crippen LogP contribution in [0.3, 0.4) is 0 Å². The first-order chi connectivity index (χ1) is 19.8. The molecule has 3 N–H and O–H groups in total. The number of ether oxygens (including phenoxy) is 1. The Morgan fingerprint density at radius 2 is 1.81 bits per heavy atom. The molecule has 11 nitrogen and oxygen atoms in total. The number of carboxylic acid groups (broad SMARTS) is 1. The molecule has 3 aromatic heterocycles. The second-order valence-electron chi connectivity index (χ2n) is 8.53. The Morgan fingerprint density at radius 1 is 1.12 bits per heavy atom. The first-order valence-corrected chi connectivity index (χ1v) is 14.1. The summed E-state index contributed by atoms with van der Waals surface area (Å²) < 4.78 is 92.3. The minimum Gasteiger partial charge on any atom is -0.480 e. The van der Waals surface area contributed by atoms with Crippen LogP contribution in [0.2, 0.25) is 0 Å². The van der Waals surface area contributed by atoms with E-state index in [0.29, 0.717) is 11.6 Å². The Kier molecular flexibility index (Phi) is 9.07. The van der Waals surface area contributed by atoms with E-state index in [4.69, 9.17) is 14.6 Å². The van der Waals surface area contributed by atoms with E-state index < -0.39 is 38.7 Å². The van der Waals surface area contributed by atoms with E-state index >= 15 is 0 Å². The molecule has 5 rings (SSSR count). The van der Waals surface area contributed by atoms with Crippen molar-refractivity contribution >= 4 is 49.1 Å². The number of alkyl halides is 3. The maximum Gasteiger partial charge on any atom is 0.490 e. The van der Waals surface area contributed by atoms with Crippen LogP contribution in [0.25, 0.3) is 20.7 Å². The second kappa shape index (κ2) is 12.4. The normalized spacial score (nSPS) is 13.8. The van der Waals surface area contributed by atoms with Crippen LogP contribution >= 0.6 is 11.3 Å². The van der Waals surface area contributed by atoms with E-state index in [1.54, 1.807) is 12.3 Å². The Labute approximate surface area is 239 Å². The summed E-state index contributed by atoms with van der Waals surface area (Å²) in [5, 5.41) is 11.3. The van der Waals surface area contributed by atoms with E-state index in [9.17, 15) is 30.4 Å². The predicted octanol–water partition coefficient (Wildman–Crippen LogP) is 3.88. The monoisotopic (exact) mass is 632 g/mol. The number of nitrogens with one attached hydrogen (secondary N) is 2. The van der Waals surface area contributed by atoms with Crippen LogP contribution in [0, 0.1) is 11.6 Å². The van der Waals surface area contributed by atoms with Gasteiger partial charge in [0.25, 0.3) is 10.0 Å². The summed E-state index contributed by atoms with van der Waals surface area (Å²) in [5.74, 6) is -4.00. The van der Waals surface area contributed by atoms with Crippen LogP contribution in [0.5, 0.6) is 5.88 Å². The van der Waals surface area contributed by atoms with Gasteiger partial charge in [0.2, 0.25) is 5.88 Å². The van der Waals surface area contributed by atoms with Crippen LogP contribution < -0.4 is 19.7 Å². The zero-order valence-electron chi connectivity index (χ0n) is 21.4. The molecule has 224 valence electrons. The summed E-state index contributed by atoms with van der Waals surface area (Å²) in [4.78, 5) is 25.1. The Balaban J connectivity index is 0.000000517. The van der Waals surface area contributed by atoms with Gasteiger partial charge in [-0.05, 0) is 24.3 Å². The van der Waals surface area contributed by atoms with E-state index in [1.807, 2.05) is 6.07 Å². The number of aromatic nitrogens is 3. The van der Waals surface area contributed by atoms with Gasteiger partial charge < -0.3 is 20.1 Å². The van der Waals surface area contributed by atoms with Gasteiger partial charge >= 0.3 is 12.1 Å². The molecule has 0 unspecified atom stereocenters. The number of sulfonamides is 1. The van der Waals surface area contributed by atoms with Crippen molar-refractivity contribution in [3.05, 3.63) is 54.5 Å². The standard InChI is InChI=1S/C22H20F2N6O3S2.C2HF3O2/c1-33-21-17(29-35(31,32)19-3-2-14(23)9-16(19)24)8-13(11-26-21)18-10-15-20(27-12-28-22(15)34-18)30-6-4-25-5-7-30;3-2(4,5)1(6)7/h2-3,8-12,25,29H,4-7H2,1H3;(H,6,7). The Bertz CT molecular complexity index is 1710. The summed E-state index contributed by atoms with van der Waals surface area (Å²) in [5.41, 5.74) is 0.622. The number of thiophene rings is 1. The molecule has 1 fully saturated rings. The largest absolute Gasteiger partial charge is 0.490 e. The lowest BCUT2D eigenvalue weighted by atomic mass is 10.2. The zero-order chi connectivity index (χ0) is 30.7. The Hall–Kier alpha value is -4.16. The molecule has 0 amide bonds. The number of hydrogen-bond donors (Lipinski definition) is 3. The van der Waals surface area contributed by atoms with Crippen LogP contribution in [-0.4, -0.2) is 73.9 Å². The number of rotatable bonds is 6. The lowest BCUT2D eigenvalue weighted by Gasteiger charge is -2.28. The topological polar surface area (TPSA) is 147 Å². The van der Waals surface area contributed by atoms with Gasteiger partial charge in [-0.25, -0.2) is 36.9 Å². The third-order valence-electron chi connectivity index (χ3n) is 5.72. The number of nitrogens with zero attached hydrogens (tertiary/aromatic N) is 4. The fourth-order valence-electron chi connectivity index (χ4n) is 3.83. The maximum atomic E-state index is 14.2. The van der Waals surface area contributed by atoms with E-state index in [2.05, 4.69) is 29.9 Å². The second-order valence-corrected chi connectivity index (χ2v) is 11.2. The molecule has 0 spiro atoms. The molecule has 4 heterocycles. The number of halogens is 5. The van der Waals surface area contributed by atoms with E-state index in [0.717, 1.165) is 59.2 Å². The van der Waals surface area contributed by atoms with Gasteiger partial charge in [-0.1, -0.05) is 0 Å². The van der Waals surface area contributed by atoms with Crippen molar-refractivity contribution < 1.29 is 45.0 Å². The molecule has 0 aliphatic carbocycles. The van der Waals surface area contributed by atoms with Crippen molar-refractivity contribution in [3.63, 3.8) is 0 Å². The number of hydrogen-bond acceptors (Lipinski definition) is 10. The summed E-state index contributed by atoms with van der Waals surface area (Å²) in [6.07, 6.45) is -2.00. The number of carbonyl (C=O) groups is 1. The molecule has 42 heavy (non-hydrogen) atoms. The first kappa shape index (κ1) is 30.8. The number of fused-ring (bicyclic) bond motifs is 1. The molecule has 1 aliphatic heterocycles. The molecule has 0 bridgehead atoms. The Morgan fingerprint density at radius 3 is 2.43 bits per heavy atom. The van der Waals surface area contributed by atoms with Crippen molar-refractivity contribution in [2.24, 2.45) is 0 Å². The van der Waals surface area contributed by atoms with Crippen LogP contribution in [0.15, 0.2) is 47.8 Å². The predicted molar refractivity (Wildman–Crippen MR) is 143 cm³/mol. The molecule has 0 radical (unpaired) electrons. The van der Waals surface area contributed by atoms with Crippen LogP contribution in [-0.2, 0) is 14.8 Å². The number of piperazine rings is 1. The molecule has 4 aromatic rings. The smallest absolute Gasteiger partial charge is 0.480 e. The molecule has 1 aromatic carbocycles. The molecular weight excluding hydrogens is 611 g/mol. The van der Waals surface area contributed by atoms with Gasteiger partial charge in [0.1, 0.15) is 39.2 Å². The molecule has 1 aliphatic rings. The lowest BCUT2D eigenvalue weighted by molar-refractivity contribution is -0.192. The molecule has 18 heteroatoms. The number of pyridine rings is 1. The molecule has 0 saturated carbocycles. The minimum absolute atomic E-state index is 0.00209. The third-order valence-corrected chi connectivity index (χ3v) is 8.22. The van der Waals surface area contributed by atoms with Crippen LogP contribution in [0.1, 0.15) is 0 Å². The summed E-state index contributed by atoms with van der Waals surface area (Å²) in [7, 11) is -3.04. The number of aliphatic carboxylic acids is 1. The van der Waals surface area contributed by atoms with Crippen molar-refractivity contribution in [2.45, 2.75) is 11.1 Å². The van der Waals surface area contributed by atoms with Crippen LogP contribution in [0.4, 0.5) is 33.5 Å². The average Bonchev–Trinajstić information content (AvgIpc) is 3.37.